The molecule has 0 bridgehead atoms. The summed E-state index contributed by atoms with van der Waals surface area (Å²) in [6.07, 6.45) is 7.81. The van der Waals surface area contributed by atoms with Crippen molar-refractivity contribution in [3.05, 3.63) is 53.3 Å². The van der Waals surface area contributed by atoms with Crippen molar-refractivity contribution in [3.8, 4) is 11.3 Å². The molecule has 0 radical (unpaired) electrons. The maximum absolute atomic E-state index is 11.6. The quantitative estimate of drug-likeness (QED) is 0.696. The van der Waals surface area contributed by atoms with Crippen LogP contribution in [0, 0.1) is 0 Å². The second-order valence-corrected chi connectivity index (χ2v) is 8.10. The molecule has 0 saturated heterocycles. The number of hydrogen-bond acceptors (Lipinski definition) is 3. The van der Waals surface area contributed by atoms with Gasteiger partial charge in [0.15, 0.2) is 0 Å². The molecular formula is C23H24N2O3. The minimum atomic E-state index is -0.923. The van der Waals surface area contributed by atoms with E-state index < -0.39 is 12.1 Å². The fourth-order valence-corrected chi connectivity index (χ4v) is 5.11. The number of benzene rings is 1. The topological polar surface area (TPSA) is 75.3 Å². The number of aromatic carboxylic acids is 1. The SMILES string of the molecule is O=C(O)c1ccc2c(C3CCCCC3)c3n(c2c1)C[C@@H](O)Cc1ncccc1-3. The minimum Gasteiger partial charge on any atom is -0.478 e. The van der Waals surface area contributed by atoms with Gasteiger partial charge in [-0.25, -0.2) is 4.79 Å². The first-order valence-electron chi connectivity index (χ1n) is 10.1. The van der Waals surface area contributed by atoms with Crippen LogP contribution in [0.4, 0.5) is 0 Å². The number of aliphatic hydroxyl groups is 1. The van der Waals surface area contributed by atoms with Crippen molar-refractivity contribution >= 4 is 16.9 Å². The molecule has 1 aliphatic carbocycles. The monoisotopic (exact) mass is 376 g/mol. The smallest absolute Gasteiger partial charge is 0.335 e. The van der Waals surface area contributed by atoms with Crippen molar-refractivity contribution in [2.45, 2.75) is 57.1 Å². The first kappa shape index (κ1) is 17.4. The third-order valence-electron chi connectivity index (χ3n) is 6.33. The van der Waals surface area contributed by atoms with Gasteiger partial charge >= 0.3 is 5.97 Å². The van der Waals surface area contributed by atoms with Crippen LogP contribution in [0.3, 0.4) is 0 Å². The van der Waals surface area contributed by atoms with Crippen LogP contribution in [0.5, 0.6) is 0 Å². The molecule has 1 aromatic carbocycles. The molecule has 3 heterocycles. The highest BCUT2D eigenvalue weighted by Crippen LogP contribution is 2.45. The van der Waals surface area contributed by atoms with Gasteiger partial charge in [0.2, 0.25) is 0 Å². The molecule has 5 rings (SSSR count). The normalized spacial score (nSPS) is 19.8. The molecule has 3 aromatic rings. The summed E-state index contributed by atoms with van der Waals surface area (Å²) in [5.74, 6) is -0.459. The Morgan fingerprint density at radius 1 is 1.14 bits per heavy atom. The van der Waals surface area contributed by atoms with Crippen LogP contribution in [0.15, 0.2) is 36.5 Å². The van der Waals surface area contributed by atoms with Crippen LogP contribution in [0.1, 0.15) is 59.6 Å². The van der Waals surface area contributed by atoms with Crippen LogP contribution >= 0.6 is 0 Å². The molecule has 5 nitrogen and oxygen atoms in total. The Hall–Kier alpha value is -2.66. The van der Waals surface area contributed by atoms with Crippen molar-refractivity contribution in [2.75, 3.05) is 0 Å². The number of rotatable bonds is 2. The number of carbonyl (C=O) groups is 1. The largest absolute Gasteiger partial charge is 0.478 e. The van der Waals surface area contributed by atoms with Gasteiger partial charge < -0.3 is 14.8 Å². The molecule has 0 amide bonds. The standard InChI is InChI=1S/C23H24N2O3/c26-16-12-19-17(7-4-10-24-19)22-21(14-5-2-1-3-6-14)18-9-8-15(23(27)28)11-20(18)25(22)13-16/h4,7-11,14,16,26H,1-3,5-6,12-13H2,(H,27,28)/t16-/m0/s1. The van der Waals surface area contributed by atoms with E-state index in [2.05, 4.69) is 15.6 Å². The molecule has 2 aromatic heterocycles. The van der Waals surface area contributed by atoms with E-state index in [0.717, 1.165) is 40.7 Å². The lowest BCUT2D eigenvalue weighted by Crippen LogP contribution is -2.17. The van der Waals surface area contributed by atoms with Gasteiger partial charge in [0.25, 0.3) is 0 Å². The second kappa shape index (κ2) is 6.74. The van der Waals surface area contributed by atoms with Crippen molar-refractivity contribution in [3.63, 3.8) is 0 Å². The molecule has 144 valence electrons. The van der Waals surface area contributed by atoms with Crippen LogP contribution in [-0.2, 0) is 13.0 Å². The summed E-state index contributed by atoms with van der Waals surface area (Å²) in [5.41, 5.74) is 5.64. The highest BCUT2D eigenvalue weighted by Gasteiger charge is 2.31. The highest BCUT2D eigenvalue weighted by molar-refractivity contribution is 5.98. The number of fused-ring (bicyclic) bond motifs is 5. The van der Waals surface area contributed by atoms with Crippen LogP contribution in [-0.4, -0.2) is 31.8 Å². The summed E-state index contributed by atoms with van der Waals surface area (Å²) in [6.45, 7) is 0.456. The summed E-state index contributed by atoms with van der Waals surface area (Å²) < 4.78 is 2.14. The first-order valence-corrected chi connectivity index (χ1v) is 10.1. The Kier molecular flexibility index (Phi) is 4.20. The first-order chi connectivity index (χ1) is 13.6. The summed E-state index contributed by atoms with van der Waals surface area (Å²) >= 11 is 0. The molecule has 1 atom stereocenters. The van der Waals surface area contributed by atoms with Gasteiger partial charge in [-0.15, -0.1) is 0 Å². The van der Waals surface area contributed by atoms with Gasteiger partial charge in [-0.2, -0.15) is 0 Å². The molecule has 0 unspecified atom stereocenters. The van der Waals surface area contributed by atoms with Crippen molar-refractivity contribution in [1.82, 2.24) is 9.55 Å². The van der Waals surface area contributed by atoms with Crippen molar-refractivity contribution in [2.24, 2.45) is 0 Å². The number of aliphatic hydroxyl groups excluding tert-OH is 1. The number of hydrogen-bond donors (Lipinski definition) is 2. The van der Waals surface area contributed by atoms with Crippen molar-refractivity contribution < 1.29 is 15.0 Å². The Labute approximate surface area is 163 Å². The van der Waals surface area contributed by atoms with Crippen LogP contribution in [0.25, 0.3) is 22.2 Å². The molecule has 0 spiro atoms. The Morgan fingerprint density at radius 3 is 2.75 bits per heavy atom. The van der Waals surface area contributed by atoms with Gasteiger partial charge in [-0.05, 0) is 48.6 Å². The average Bonchev–Trinajstić information content (AvgIpc) is 2.93. The summed E-state index contributed by atoms with van der Waals surface area (Å²) in [7, 11) is 0. The van der Waals surface area contributed by atoms with E-state index >= 15 is 0 Å². The zero-order chi connectivity index (χ0) is 19.3. The lowest BCUT2D eigenvalue weighted by molar-refractivity contribution is 0.0697. The maximum Gasteiger partial charge on any atom is 0.335 e. The number of nitrogens with zero attached hydrogens (tertiary/aromatic N) is 2. The van der Waals surface area contributed by atoms with Gasteiger partial charge in [0.1, 0.15) is 0 Å². The number of aromatic nitrogens is 2. The van der Waals surface area contributed by atoms with E-state index in [0.29, 0.717) is 18.9 Å². The Morgan fingerprint density at radius 2 is 1.96 bits per heavy atom. The summed E-state index contributed by atoms with van der Waals surface area (Å²) in [5, 5.41) is 21.3. The Bertz CT molecular complexity index is 1060. The Balaban J connectivity index is 1.85. The zero-order valence-electron chi connectivity index (χ0n) is 15.8. The second-order valence-electron chi connectivity index (χ2n) is 8.10. The van der Waals surface area contributed by atoms with E-state index in [1.54, 1.807) is 18.3 Å². The molecule has 2 aliphatic rings. The molecule has 28 heavy (non-hydrogen) atoms. The van der Waals surface area contributed by atoms with Gasteiger partial charge in [-0.1, -0.05) is 25.3 Å². The molecule has 2 N–H and O–H groups in total. The number of pyridine rings is 1. The lowest BCUT2D eigenvalue weighted by atomic mass is 9.81. The molecule has 1 fully saturated rings. The lowest BCUT2D eigenvalue weighted by Gasteiger charge is -2.23. The van der Waals surface area contributed by atoms with E-state index in [1.807, 2.05) is 12.1 Å². The molecule has 1 aliphatic heterocycles. The summed E-state index contributed by atoms with van der Waals surface area (Å²) in [4.78, 5) is 16.1. The van der Waals surface area contributed by atoms with Crippen molar-refractivity contribution in [1.29, 1.82) is 0 Å². The minimum absolute atomic E-state index is 0.285. The molecule has 1 saturated carbocycles. The third kappa shape index (κ3) is 2.73. The van der Waals surface area contributed by atoms with Gasteiger partial charge in [-0.3, -0.25) is 4.98 Å². The van der Waals surface area contributed by atoms with Gasteiger partial charge in [0, 0.05) is 35.6 Å². The average molecular weight is 376 g/mol. The van der Waals surface area contributed by atoms with E-state index in [-0.39, 0.29) is 5.56 Å². The fourth-order valence-electron chi connectivity index (χ4n) is 5.11. The maximum atomic E-state index is 11.6. The predicted molar refractivity (Wildman–Crippen MR) is 108 cm³/mol. The van der Waals surface area contributed by atoms with Gasteiger partial charge in [0.05, 0.1) is 23.1 Å². The highest BCUT2D eigenvalue weighted by atomic mass is 16.4. The third-order valence-corrected chi connectivity index (χ3v) is 6.33. The summed E-state index contributed by atoms with van der Waals surface area (Å²) in [6, 6.07) is 9.48. The number of carboxylic acids is 1. The van der Waals surface area contributed by atoms with Crippen LogP contribution < -0.4 is 0 Å². The number of carboxylic acid groups (broad SMARTS) is 1. The molecule has 5 heteroatoms. The van der Waals surface area contributed by atoms with Crippen LogP contribution in [0.2, 0.25) is 0 Å². The zero-order valence-corrected chi connectivity index (χ0v) is 15.8. The van der Waals surface area contributed by atoms with E-state index in [1.165, 1.54) is 24.8 Å². The van der Waals surface area contributed by atoms with E-state index in [4.69, 9.17) is 0 Å². The van der Waals surface area contributed by atoms with E-state index in [9.17, 15) is 15.0 Å². The fraction of sp³-hybridized carbons (Fsp3) is 0.391. The predicted octanol–water partition coefficient (Wildman–Crippen LogP) is 4.37. The molecular weight excluding hydrogens is 352 g/mol.